The van der Waals surface area contributed by atoms with Crippen molar-refractivity contribution < 1.29 is 4.79 Å². The van der Waals surface area contributed by atoms with Crippen LogP contribution < -0.4 is 5.43 Å². The molecule has 0 saturated heterocycles. The predicted molar refractivity (Wildman–Crippen MR) is 71.8 cm³/mol. The normalized spacial score (nSPS) is 10.3. The third kappa shape index (κ3) is 3.43. The van der Waals surface area contributed by atoms with Crippen LogP contribution >= 0.6 is 0 Å². The molecule has 2 rings (SSSR count). The summed E-state index contributed by atoms with van der Waals surface area (Å²) < 4.78 is 0. The second kappa shape index (κ2) is 5.98. The molecule has 2 aromatic rings. The van der Waals surface area contributed by atoms with Gasteiger partial charge in [-0.2, -0.15) is 0 Å². The van der Waals surface area contributed by atoms with E-state index in [1.54, 1.807) is 17.1 Å². The summed E-state index contributed by atoms with van der Waals surface area (Å²) in [4.78, 5) is 11.9. The monoisotopic (exact) mass is 240 g/mol. The number of nitrogens with zero attached hydrogens (tertiary/aromatic N) is 1. The zero-order valence-electron chi connectivity index (χ0n) is 10.3. The Labute approximate surface area is 107 Å². The Hall–Kier alpha value is -2.13. The fraction of sp³-hybridized carbons (Fsp3) is 0.133. The maximum absolute atomic E-state index is 11.9. The van der Waals surface area contributed by atoms with E-state index in [9.17, 15) is 4.79 Å². The predicted octanol–water partition coefficient (Wildman–Crippen LogP) is 2.46. The topological polar surface area (TPSA) is 32.3 Å². The minimum Gasteiger partial charge on any atom is -0.285 e. The highest BCUT2D eigenvalue weighted by molar-refractivity contribution is 5.93. The first-order valence-electron chi connectivity index (χ1n) is 5.87. The van der Waals surface area contributed by atoms with Crippen LogP contribution in [-0.2, 0) is 6.54 Å². The Kier molecular flexibility index (Phi) is 4.10. The van der Waals surface area contributed by atoms with Crippen LogP contribution in [0, 0.1) is 0 Å². The maximum Gasteiger partial charge on any atom is 0.265 e. The average Bonchev–Trinajstić information content (AvgIpc) is 2.40. The van der Waals surface area contributed by atoms with Gasteiger partial charge < -0.3 is 0 Å². The van der Waals surface area contributed by atoms with E-state index in [0.29, 0.717) is 12.1 Å². The highest BCUT2D eigenvalue weighted by atomic mass is 16.2. The van der Waals surface area contributed by atoms with Gasteiger partial charge in [-0.15, -0.1) is 0 Å². The second-order valence-electron chi connectivity index (χ2n) is 4.15. The van der Waals surface area contributed by atoms with Crippen LogP contribution in [0.15, 0.2) is 60.7 Å². The van der Waals surface area contributed by atoms with Crippen LogP contribution in [0.4, 0.5) is 0 Å². The van der Waals surface area contributed by atoms with E-state index < -0.39 is 0 Å². The van der Waals surface area contributed by atoms with E-state index in [-0.39, 0.29) is 5.91 Å². The quantitative estimate of drug-likeness (QED) is 0.833. The molecule has 2 aromatic carbocycles. The van der Waals surface area contributed by atoms with Crippen molar-refractivity contribution in [1.29, 1.82) is 0 Å². The third-order valence-corrected chi connectivity index (χ3v) is 2.59. The summed E-state index contributed by atoms with van der Waals surface area (Å²) >= 11 is 0. The van der Waals surface area contributed by atoms with Gasteiger partial charge in [-0.3, -0.25) is 10.2 Å². The first kappa shape index (κ1) is 12.3. The molecule has 0 aliphatic rings. The molecule has 0 saturated carbocycles. The zero-order chi connectivity index (χ0) is 12.8. The molecule has 18 heavy (non-hydrogen) atoms. The lowest BCUT2D eigenvalue weighted by molar-refractivity contribution is 0.0819. The Morgan fingerprint density at radius 3 is 2.17 bits per heavy atom. The van der Waals surface area contributed by atoms with E-state index in [4.69, 9.17) is 0 Å². The molecule has 0 aliphatic carbocycles. The highest BCUT2D eigenvalue weighted by Crippen LogP contribution is 2.02. The number of carbonyl (C=O) groups excluding carboxylic acids is 1. The van der Waals surface area contributed by atoms with Crippen molar-refractivity contribution in [2.24, 2.45) is 0 Å². The number of benzene rings is 2. The third-order valence-electron chi connectivity index (χ3n) is 2.59. The van der Waals surface area contributed by atoms with Gasteiger partial charge in [0.25, 0.3) is 5.91 Å². The number of amides is 1. The lowest BCUT2D eigenvalue weighted by Crippen LogP contribution is -2.38. The molecule has 3 nitrogen and oxygen atoms in total. The summed E-state index contributed by atoms with van der Waals surface area (Å²) in [5.41, 5.74) is 4.66. The van der Waals surface area contributed by atoms with Gasteiger partial charge >= 0.3 is 0 Å². The largest absolute Gasteiger partial charge is 0.285 e. The molecule has 0 atom stereocenters. The van der Waals surface area contributed by atoms with Gasteiger partial charge in [-0.1, -0.05) is 48.5 Å². The SMILES string of the molecule is CN(Cc1ccccc1)NC(=O)c1ccccc1. The van der Waals surface area contributed by atoms with Crippen molar-refractivity contribution in [2.45, 2.75) is 6.54 Å². The molecular weight excluding hydrogens is 224 g/mol. The van der Waals surface area contributed by atoms with E-state index in [2.05, 4.69) is 5.43 Å². The fourth-order valence-corrected chi connectivity index (χ4v) is 1.72. The first-order valence-corrected chi connectivity index (χ1v) is 5.87. The molecule has 92 valence electrons. The van der Waals surface area contributed by atoms with Crippen LogP contribution in [0.3, 0.4) is 0 Å². The molecule has 1 N–H and O–H groups in total. The van der Waals surface area contributed by atoms with Crippen LogP contribution in [-0.4, -0.2) is 18.0 Å². The summed E-state index contributed by atoms with van der Waals surface area (Å²) in [6.45, 7) is 0.680. The van der Waals surface area contributed by atoms with Crippen LogP contribution in [0.5, 0.6) is 0 Å². The average molecular weight is 240 g/mol. The smallest absolute Gasteiger partial charge is 0.265 e. The van der Waals surface area contributed by atoms with Gasteiger partial charge in [0.15, 0.2) is 0 Å². The molecule has 0 fully saturated rings. The van der Waals surface area contributed by atoms with Gasteiger partial charge in [0.1, 0.15) is 0 Å². The van der Waals surface area contributed by atoms with Crippen molar-refractivity contribution in [3.8, 4) is 0 Å². The number of hydrogen-bond donors (Lipinski definition) is 1. The first-order chi connectivity index (χ1) is 8.75. The van der Waals surface area contributed by atoms with Crippen LogP contribution in [0.25, 0.3) is 0 Å². The van der Waals surface area contributed by atoms with Crippen LogP contribution in [0.1, 0.15) is 15.9 Å². The number of hydrazine groups is 1. The fourth-order valence-electron chi connectivity index (χ4n) is 1.72. The minimum atomic E-state index is -0.0889. The molecular formula is C15H16N2O. The number of nitrogens with one attached hydrogen (secondary N) is 1. The van der Waals surface area contributed by atoms with E-state index in [1.807, 2.05) is 55.6 Å². The molecule has 1 amide bonds. The number of carbonyl (C=O) groups is 1. The molecule has 0 unspecified atom stereocenters. The zero-order valence-corrected chi connectivity index (χ0v) is 10.3. The van der Waals surface area contributed by atoms with E-state index in [1.165, 1.54) is 0 Å². The molecule has 0 aliphatic heterocycles. The Bertz CT molecular complexity index is 496. The van der Waals surface area contributed by atoms with Crippen LogP contribution in [0.2, 0.25) is 0 Å². The molecule has 0 aromatic heterocycles. The van der Waals surface area contributed by atoms with Crippen molar-refractivity contribution in [2.75, 3.05) is 7.05 Å². The summed E-state index contributed by atoms with van der Waals surface area (Å²) in [7, 11) is 1.86. The Morgan fingerprint density at radius 1 is 1.00 bits per heavy atom. The molecule has 0 bridgehead atoms. The Morgan fingerprint density at radius 2 is 1.56 bits per heavy atom. The second-order valence-corrected chi connectivity index (χ2v) is 4.15. The van der Waals surface area contributed by atoms with Gasteiger partial charge in [0.2, 0.25) is 0 Å². The lowest BCUT2D eigenvalue weighted by Gasteiger charge is -2.18. The molecule has 0 radical (unpaired) electrons. The number of rotatable bonds is 4. The van der Waals surface area contributed by atoms with Gasteiger partial charge in [-0.05, 0) is 17.7 Å². The summed E-state index contributed by atoms with van der Waals surface area (Å²) in [6.07, 6.45) is 0. The highest BCUT2D eigenvalue weighted by Gasteiger charge is 2.07. The molecule has 0 heterocycles. The lowest BCUT2D eigenvalue weighted by atomic mass is 10.2. The number of hydrogen-bond acceptors (Lipinski definition) is 2. The molecule has 3 heteroatoms. The van der Waals surface area contributed by atoms with E-state index >= 15 is 0 Å². The van der Waals surface area contributed by atoms with Crippen molar-refractivity contribution in [1.82, 2.24) is 10.4 Å². The van der Waals surface area contributed by atoms with Gasteiger partial charge in [0.05, 0.1) is 0 Å². The minimum absolute atomic E-state index is 0.0889. The van der Waals surface area contributed by atoms with Gasteiger partial charge in [0, 0.05) is 19.2 Å². The maximum atomic E-state index is 11.9. The molecule has 0 spiro atoms. The van der Waals surface area contributed by atoms with E-state index in [0.717, 1.165) is 5.56 Å². The van der Waals surface area contributed by atoms with Crippen molar-refractivity contribution >= 4 is 5.91 Å². The van der Waals surface area contributed by atoms with Crippen molar-refractivity contribution in [3.63, 3.8) is 0 Å². The standard InChI is InChI=1S/C15H16N2O/c1-17(12-13-8-4-2-5-9-13)16-15(18)14-10-6-3-7-11-14/h2-11H,12H2,1H3,(H,16,18). The Balaban J connectivity index is 1.92. The summed E-state index contributed by atoms with van der Waals surface area (Å²) in [5, 5.41) is 1.78. The summed E-state index contributed by atoms with van der Waals surface area (Å²) in [6, 6.07) is 19.2. The van der Waals surface area contributed by atoms with Gasteiger partial charge in [-0.25, -0.2) is 5.01 Å². The van der Waals surface area contributed by atoms with Crippen molar-refractivity contribution in [3.05, 3.63) is 71.8 Å². The summed E-state index contributed by atoms with van der Waals surface area (Å²) in [5.74, 6) is -0.0889.